The lowest BCUT2D eigenvalue weighted by molar-refractivity contribution is 0.195. The van der Waals surface area contributed by atoms with Crippen molar-refractivity contribution in [3.05, 3.63) is 47.7 Å². The molecule has 4 rings (SSSR count). The van der Waals surface area contributed by atoms with Gasteiger partial charge in [0, 0.05) is 6.54 Å². The molecular weight excluding hydrogens is 388 g/mol. The molecule has 1 aromatic carbocycles. The zero-order chi connectivity index (χ0) is 22.0. The third-order valence-corrected chi connectivity index (χ3v) is 5.84. The minimum absolute atomic E-state index is 0.0709. The number of rotatable bonds is 5. The van der Waals surface area contributed by atoms with Crippen molar-refractivity contribution in [2.75, 3.05) is 20.2 Å². The molecule has 1 fully saturated rings. The van der Waals surface area contributed by atoms with Crippen molar-refractivity contribution in [3.8, 4) is 11.8 Å². The minimum atomic E-state index is 0.0709. The second kappa shape index (κ2) is 8.64. The number of benzene rings is 1. The number of fused-ring (bicyclic) bond motifs is 1. The highest BCUT2D eigenvalue weighted by atomic mass is 16.5. The van der Waals surface area contributed by atoms with Gasteiger partial charge in [-0.1, -0.05) is 32.9 Å². The van der Waals surface area contributed by atoms with Crippen LogP contribution in [0, 0.1) is 16.7 Å². The molecule has 7 nitrogen and oxygen atoms in total. The molecule has 2 aromatic heterocycles. The van der Waals surface area contributed by atoms with E-state index in [1.165, 1.54) is 5.56 Å². The van der Waals surface area contributed by atoms with E-state index in [1.54, 1.807) is 13.3 Å². The Hall–Kier alpha value is -2.98. The summed E-state index contributed by atoms with van der Waals surface area (Å²) in [5, 5.41) is 9.22. The molecule has 3 aromatic rings. The van der Waals surface area contributed by atoms with E-state index in [2.05, 4.69) is 52.3 Å². The number of hydrogen-bond donors (Lipinski definition) is 0. The number of nitrogens with zero attached hydrogens (tertiary/aromatic N) is 6. The summed E-state index contributed by atoms with van der Waals surface area (Å²) < 4.78 is 7.45. The van der Waals surface area contributed by atoms with E-state index in [1.807, 2.05) is 18.2 Å². The third-order valence-electron chi connectivity index (χ3n) is 5.84. The molecule has 1 saturated heterocycles. The Balaban J connectivity index is 1.50. The van der Waals surface area contributed by atoms with Gasteiger partial charge in [-0.15, -0.1) is 0 Å². The molecular formula is C24H30N6O. The molecule has 0 radical (unpaired) electrons. The fourth-order valence-electron chi connectivity index (χ4n) is 4.28. The van der Waals surface area contributed by atoms with Crippen LogP contribution in [0.3, 0.4) is 0 Å². The molecule has 1 aliphatic heterocycles. The van der Waals surface area contributed by atoms with Gasteiger partial charge >= 0.3 is 0 Å². The highest BCUT2D eigenvalue weighted by Gasteiger charge is 2.24. The minimum Gasteiger partial charge on any atom is -0.497 e. The van der Waals surface area contributed by atoms with Gasteiger partial charge in [0.2, 0.25) is 5.82 Å². The van der Waals surface area contributed by atoms with E-state index in [0.717, 1.165) is 61.8 Å². The Labute approximate surface area is 183 Å². The van der Waals surface area contributed by atoms with Gasteiger partial charge in [-0.2, -0.15) is 10.2 Å². The van der Waals surface area contributed by atoms with E-state index in [0.29, 0.717) is 5.92 Å². The van der Waals surface area contributed by atoms with Crippen LogP contribution in [0.4, 0.5) is 0 Å². The summed E-state index contributed by atoms with van der Waals surface area (Å²) in [6, 6.07) is 10.5. The van der Waals surface area contributed by atoms with Crippen molar-refractivity contribution in [3.63, 3.8) is 0 Å². The molecule has 3 heterocycles. The molecule has 0 saturated carbocycles. The number of methoxy groups -OCH3 is 1. The zero-order valence-corrected chi connectivity index (χ0v) is 18.8. The number of imidazole rings is 1. The quantitative estimate of drug-likeness (QED) is 0.620. The molecule has 162 valence electrons. The lowest BCUT2D eigenvalue weighted by Crippen LogP contribution is -2.33. The lowest BCUT2D eigenvalue weighted by Gasteiger charge is -2.32. The van der Waals surface area contributed by atoms with Crippen LogP contribution in [-0.4, -0.2) is 44.6 Å². The summed E-state index contributed by atoms with van der Waals surface area (Å²) in [6.07, 6.45) is 3.92. The molecule has 0 amide bonds. The van der Waals surface area contributed by atoms with Gasteiger partial charge < -0.3 is 9.30 Å². The Morgan fingerprint density at radius 2 is 1.84 bits per heavy atom. The number of likely N-dealkylation sites (tertiary alicyclic amines) is 1. The Kier molecular flexibility index (Phi) is 5.92. The molecule has 0 unspecified atom stereocenters. The highest BCUT2D eigenvalue weighted by molar-refractivity contribution is 5.70. The molecule has 0 atom stereocenters. The van der Waals surface area contributed by atoms with Crippen LogP contribution in [0.1, 0.15) is 56.7 Å². The fraction of sp³-hybridized carbons (Fsp3) is 0.500. The number of ether oxygens (including phenoxy) is 1. The van der Waals surface area contributed by atoms with Crippen LogP contribution >= 0.6 is 0 Å². The maximum Gasteiger partial charge on any atom is 0.234 e. The van der Waals surface area contributed by atoms with Crippen molar-refractivity contribution < 1.29 is 4.74 Å². The first kappa shape index (κ1) is 21.3. The Bertz CT molecular complexity index is 1080. The van der Waals surface area contributed by atoms with E-state index < -0.39 is 0 Å². The van der Waals surface area contributed by atoms with Crippen LogP contribution < -0.4 is 4.74 Å². The summed E-state index contributed by atoms with van der Waals surface area (Å²) in [7, 11) is 1.70. The van der Waals surface area contributed by atoms with E-state index >= 15 is 0 Å². The van der Waals surface area contributed by atoms with Gasteiger partial charge in [0.25, 0.3) is 0 Å². The normalized spacial score (nSPS) is 15.8. The van der Waals surface area contributed by atoms with Crippen LogP contribution in [0.15, 0.2) is 30.5 Å². The number of nitriles is 1. The standard InChI is InChI=1S/C24H30N6O/c1-24(2,3)16-30-22(27-20-14-26-21(13-25)28-23(20)30)15-29-11-9-18(10-12-29)17-5-7-19(31-4)8-6-17/h5-8,14,18H,9-12,15-16H2,1-4H3. The first-order valence-electron chi connectivity index (χ1n) is 10.8. The summed E-state index contributed by atoms with van der Waals surface area (Å²) in [5.74, 6) is 2.67. The van der Waals surface area contributed by atoms with Gasteiger partial charge in [-0.05, 0) is 55.0 Å². The average molecular weight is 419 g/mol. The van der Waals surface area contributed by atoms with Crippen molar-refractivity contribution in [2.24, 2.45) is 5.41 Å². The largest absolute Gasteiger partial charge is 0.497 e. The van der Waals surface area contributed by atoms with Crippen molar-refractivity contribution in [1.29, 1.82) is 5.26 Å². The average Bonchev–Trinajstić information content (AvgIpc) is 3.09. The topological polar surface area (TPSA) is 79.9 Å². The molecule has 0 bridgehead atoms. The van der Waals surface area contributed by atoms with Gasteiger partial charge in [0.15, 0.2) is 5.65 Å². The first-order chi connectivity index (χ1) is 14.9. The Morgan fingerprint density at radius 3 is 2.45 bits per heavy atom. The fourth-order valence-corrected chi connectivity index (χ4v) is 4.28. The molecule has 0 spiro atoms. The van der Waals surface area contributed by atoms with Crippen molar-refractivity contribution >= 4 is 11.2 Å². The van der Waals surface area contributed by atoms with Gasteiger partial charge in [0.1, 0.15) is 23.2 Å². The first-order valence-corrected chi connectivity index (χ1v) is 10.8. The van der Waals surface area contributed by atoms with Crippen LogP contribution in [0.2, 0.25) is 0 Å². The Morgan fingerprint density at radius 1 is 1.13 bits per heavy atom. The van der Waals surface area contributed by atoms with Gasteiger partial charge in [0.05, 0.1) is 19.9 Å². The van der Waals surface area contributed by atoms with E-state index in [4.69, 9.17) is 9.72 Å². The molecule has 0 aliphatic carbocycles. The van der Waals surface area contributed by atoms with Crippen molar-refractivity contribution in [1.82, 2.24) is 24.4 Å². The smallest absolute Gasteiger partial charge is 0.234 e. The van der Waals surface area contributed by atoms with Crippen molar-refractivity contribution in [2.45, 2.75) is 52.6 Å². The molecule has 1 aliphatic rings. The summed E-state index contributed by atoms with van der Waals surface area (Å²) in [6.45, 7) is 10.3. The van der Waals surface area contributed by atoms with Crippen LogP contribution in [0.25, 0.3) is 11.2 Å². The predicted molar refractivity (Wildman–Crippen MR) is 120 cm³/mol. The summed E-state index contributed by atoms with van der Waals surface area (Å²) in [4.78, 5) is 15.9. The molecule has 31 heavy (non-hydrogen) atoms. The van der Waals surface area contributed by atoms with E-state index in [-0.39, 0.29) is 11.2 Å². The second-order valence-corrected chi connectivity index (χ2v) is 9.51. The summed E-state index contributed by atoms with van der Waals surface area (Å²) >= 11 is 0. The summed E-state index contributed by atoms with van der Waals surface area (Å²) in [5.41, 5.74) is 2.97. The maximum atomic E-state index is 9.22. The number of aromatic nitrogens is 4. The van der Waals surface area contributed by atoms with Crippen LogP contribution in [0.5, 0.6) is 5.75 Å². The maximum absolute atomic E-state index is 9.22. The monoisotopic (exact) mass is 418 g/mol. The van der Waals surface area contributed by atoms with Crippen LogP contribution in [-0.2, 0) is 13.1 Å². The molecule has 7 heteroatoms. The van der Waals surface area contributed by atoms with Gasteiger partial charge in [-0.25, -0.2) is 9.97 Å². The predicted octanol–water partition coefficient (Wildman–Crippen LogP) is 4.13. The van der Waals surface area contributed by atoms with Gasteiger partial charge in [-0.3, -0.25) is 4.90 Å². The highest BCUT2D eigenvalue weighted by Crippen LogP contribution is 2.30. The lowest BCUT2D eigenvalue weighted by atomic mass is 9.89. The third kappa shape index (κ3) is 4.86. The molecule has 0 N–H and O–H groups in total. The SMILES string of the molecule is COc1ccc(C2CCN(Cc3nc4cnc(C#N)nc4n3CC(C)(C)C)CC2)cc1. The van der Waals surface area contributed by atoms with E-state index in [9.17, 15) is 5.26 Å². The number of piperidine rings is 1. The second-order valence-electron chi connectivity index (χ2n) is 9.51. The zero-order valence-electron chi connectivity index (χ0n) is 18.8. The number of hydrogen-bond acceptors (Lipinski definition) is 6.